The molecular weight excluding hydrogens is 118 g/mol. The van der Waals surface area contributed by atoms with Gasteiger partial charge in [0.2, 0.25) is 0 Å². The topological polar surface area (TPSA) is 26.0 Å². The van der Waals surface area contributed by atoms with Crippen molar-refractivity contribution in [2.24, 2.45) is 5.73 Å². The Morgan fingerprint density at radius 3 is 1.67 bits per heavy atom. The fourth-order valence-electron chi connectivity index (χ4n) is 0.128. The van der Waals surface area contributed by atoms with E-state index in [1.54, 1.807) is 0 Å². The summed E-state index contributed by atoms with van der Waals surface area (Å²) in [6.45, 7) is 0. The summed E-state index contributed by atoms with van der Waals surface area (Å²) in [6.07, 6.45) is 2.19. The molecule has 6 heavy (non-hydrogen) atoms. The molecule has 38 valence electrons. The monoisotopic (exact) mass is 125 g/mol. The van der Waals surface area contributed by atoms with E-state index in [1.807, 2.05) is 0 Å². The largest absolute Gasteiger partial charge is 0.317 e. The Morgan fingerprint density at radius 1 is 1.50 bits per heavy atom. The van der Waals surface area contributed by atoms with Crippen LogP contribution in [0.5, 0.6) is 0 Å². The third-order valence-corrected chi connectivity index (χ3v) is 1.21. The molecule has 0 atom stereocenters. The quantitative estimate of drug-likeness (QED) is 0.363. The van der Waals surface area contributed by atoms with E-state index in [-0.39, 0.29) is 17.3 Å². The fraction of sp³-hybridized carbons (Fsp3) is 1.00. The van der Waals surface area contributed by atoms with Gasteiger partial charge in [-0.05, 0) is 12.8 Å². The average Bonchev–Trinajstić information content (AvgIpc) is 1.76. The lowest BCUT2D eigenvalue weighted by Crippen LogP contribution is -2.10. The van der Waals surface area contributed by atoms with Gasteiger partial charge in [0.1, 0.15) is 0 Å². The van der Waals surface area contributed by atoms with E-state index in [0.717, 1.165) is 12.8 Å². The first-order chi connectivity index (χ1) is 2.21. The molecule has 0 spiro atoms. The molecule has 1 aliphatic carbocycles. The van der Waals surface area contributed by atoms with Gasteiger partial charge in [-0.3, -0.25) is 0 Å². The molecular formula is C3H8ClNS. The van der Waals surface area contributed by atoms with Crippen molar-refractivity contribution in [1.82, 2.24) is 0 Å². The van der Waals surface area contributed by atoms with E-state index in [9.17, 15) is 0 Å². The zero-order valence-electron chi connectivity index (χ0n) is 3.35. The summed E-state index contributed by atoms with van der Waals surface area (Å²) in [6, 6.07) is 0. The molecule has 0 radical (unpaired) electrons. The molecule has 0 aromatic heterocycles. The van der Waals surface area contributed by atoms with Crippen LogP contribution in [0.25, 0.3) is 0 Å². The Labute approximate surface area is 49.1 Å². The molecule has 0 aromatic rings. The van der Waals surface area contributed by atoms with Crippen LogP contribution in [0.1, 0.15) is 12.8 Å². The van der Waals surface area contributed by atoms with E-state index in [1.165, 1.54) is 0 Å². The Bertz CT molecular complexity index is 48.8. The third kappa shape index (κ3) is 1.90. The molecule has 1 saturated carbocycles. The number of thiol groups is 1. The molecule has 1 fully saturated rings. The third-order valence-electron chi connectivity index (χ3n) is 0.762. The van der Waals surface area contributed by atoms with Crippen LogP contribution in [0.3, 0.4) is 0 Å². The van der Waals surface area contributed by atoms with Crippen LogP contribution in [0.4, 0.5) is 0 Å². The Hall–Kier alpha value is 0.600. The number of nitrogens with two attached hydrogens (primary N) is 1. The minimum Gasteiger partial charge on any atom is -0.317 e. The first-order valence-electron chi connectivity index (χ1n) is 1.72. The van der Waals surface area contributed by atoms with Gasteiger partial charge in [-0.25, -0.2) is 0 Å². The molecule has 2 N–H and O–H groups in total. The number of rotatable bonds is 0. The maximum Gasteiger partial charge on any atom is 0.0592 e. The van der Waals surface area contributed by atoms with Crippen LogP contribution < -0.4 is 5.73 Å². The van der Waals surface area contributed by atoms with Crippen molar-refractivity contribution in [1.29, 1.82) is 0 Å². The molecule has 0 unspecified atom stereocenters. The van der Waals surface area contributed by atoms with Gasteiger partial charge in [0.25, 0.3) is 0 Å². The highest BCUT2D eigenvalue weighted by Crippen LogP contribution is 2.35. The Morgan fingerprint density at radius 2 is 1.67 bits per heavy atom. The fourth-order valence-corrected chi connectivity index (χ4v) is 0.240. The first-order valence-corrected chi connectivity index (χ1v) is 2.17. The minimum atomic E-state index is -0.0556. The number of hydrogen-bond acceptors (Lipinski definition) is 2. The van der Waals surface area contributed by atoms with E-state index in [0.29, 0.717) is 0 Å². The maximum absolute atomic E-state index is 5.33. The van der Waals surface area contributed by atoms with E-state index in [4.69, 9.17) is 5.73 Å². The summed E-state index contributed by atoms with van der Waals surface area (Å²) in [7, 11) is 0. The van der Waals surface area contributed by atoms with Crippen LogP contribution in [0.15, 0.2) is 0 Å². The van der Waals surface area contributed by atoms with Crippen LogP contribution >= 0.6 is 25.0 Å². The highest BCUT2D eigenvalue weighted by Gasteiger charge is 2.33. The minimum absolute atomic E-state index is 0. The van der Waals surface area contributed by atoms with Crippen LogP contribution in [0, 0.1) is 0 Å². The predicted molar refractivity (Wildman–Crippen MR) is 32.4 cm³/mol. The molecule has 0 amide bonds. The van der Waals surface area contributed by atoms with Gasteiger partial charge >= 0.3 is 0 Å². The summed E-state index contributed by atoms with van der Waals surface area (Å²) in [4.78, 5) is -0.0556. The van der Waals surface area contributed by atoms with Gasteiger partial charge in [-0.1, -0.05) is 0 Å². The second kappa shape index (κ2) is 1.60. The van der Waals surface area contributed by atoms with E-state index < -0.39 is 0 Å². The van der Waals surface area contributed by atoms with Crippen molar-refractivity contribution in [2.45, 2.75) is 17.7 Å². The second-order valence-electron chi connectivity index (χ2n) is 1.60. The van der Waals surface area contributed by atoms with Crippen LogP contribution in [-0.2, 0) is 0 Å². The lowest BCUT2D eigenvalue weighted by atomic mass is 10.8. The van der Waals surface area contributed by atoms with E-state index in [2.05, 4.69) is 12.6 Å². The van der Waals surface area contributed by atoms with Crippen molar-refractivity contribution in [3.8, 4) is 0 Å². The highest BCUT2D eigenvalue weighted by molar-refractivity contribution is 7.82. The molecule has 3 heteroatoms. The Balaban J connectivity index is 0.000000250. The lowest BCUT2D eigenvalue weighted by Gasteiger charge is -1.87. The summed E-state index contributed by atoms with van der Waals surface area (Å²) < 4.78 is 0. The molecule has 1 aliphatic rings. The molecule has 0 aromatic carbocycles. The number of halogens is 1. The van der Waals surface area contributed by atoms with Crippen LogP contribution in [-0.4, -0.2) is 4.87 Å². The maximum atomic E-state index is 5.33. The van der Waals surface area contributed by atoms with Crippen molar-refractivity contribution in [3.05, 3.63) is 0 Å². The van der Waals surface area contributed by atoms with Crippen molar-refractivity contribution in [3.63, 3.8) is 0 Å². The normalized spacial score (nSPS) is 25.0. The zero-order valence-corrected chi connectivity index (χ0v) is 5.06. The first kappa shape index (κ1) is 6.60. The summed E-state index contributed by atoms with van der Waals surface area (Å²) >= 11 is 4.01. The van der Waals surface area contributed by atoms with Gasteiger partial charge in [-0.15, -0.1) is 12.4 Å². The summed E-state index contributed by atoms with van der Waals surface area (Å²) in [5.41, 5.74) is 5.33. The van der Waals surface area contributed by atoms with Gasteiger partial charge < -0.3 is 5.73 Å². The predicted octanol–water partition coefficient (Wildman–Crippen LogP) is 0.787. The number of hydrogen-bond donors (Lipinski definition) is 2. The molecule has 1 nitrogen and oxygen atoms in total. The summed E-state index contributed by atoms with van der Waals surface area (Å²) in [5.74, 6) is 0. The lowest BCUT2D eigenvalue weighted by molar-refractivity contribution is 0.995. The Kier molecular flexibility index (Phi) is 1.76. The smallest absolute Gasteiger partial charge is 0.0592 e. The van der Waals surface area contributed by atoms with Gasteiger partial charge in [0, 0.05) is 0 Å². The van der Waals surface area contributed by atoms with Gasteiger partial charge in [-0.2, -0.15) is 12.6 Å². The van der Waals surface area contributed by atoms with Crippen molar-refractivity contribution in [2.75, 3.05) is 0 Å². The van der Waals surface area contributed by atoms with Crippen molar-refractivity contribution >= 4 is 25.0 Å². The average molecular weight is 126 g/mol. The highest BCUT2D eigenvalue weighted by atomic mass is 35.5. The SMILES string of the molecule is Cl.NC1(S)CC1. The van der Waals surface area contributed by atoms with Crippen molar-refractivity contribution < 1.29 is 0 Å². The van der Waals surface area contributed by atoms with Gasteiger partial charge in [0.15, 0.2) is 0 Å². The molecule has 0 saturated heterocycles. The van der Waals surface area contributed by atoms with Crippen LogP contribution in [0.2, 0.25) is 0 Å². The zero-order chi connectivity index (χ0) is 3.91. The molecule has 0 heterocycles. The van der Waals surface area contributed by atoms with Gasteiger partial charge in [0.05, 0.1) is 4.87 Å². The molecule has 0 bridgehead atoms. The standard InChI is InChI=1S/C3H7NS.ClH/c4-3(5)1-2-3;/h5H,1-2,4H2;1H. The van der Waals surface area contributed by atoms with E-state index >= 15 is 0 Å². The molecule has 1 rings (SSSR count). The summed E-state index contributed by atoms with van der Waals surface area (Å²) in [5, 5.41) is 0. The second-order valence-corrected chi connectivity index (χ2v) is 2.49. The molecule has 0 aliphatic heterocycles.